The molecule has 0 saturated carbocycles. The lowest BCUT2D eigenvalue weighted by Crippen LogP contribution is -2.40. The lowest BCUT2D eigenvalue weighted by atomic mass is 9.93. The molecule has 0 N–H and O–H groups in total. The van der Waals surface area contributed by atoms with Crippen molar-refractivity contribution in [1.29, 1.82) is 0 Å². The zero-order valence-electron chi connectivity index (χ0n) is 21.1. The molecule has 0 radical (unpaired) electrons. The maximum Gasteiger partial charge on any atom is 0.338 e. The zero-order valence-corrected chi connectivity index (χ0v) is 21.9. The Bertz CT molecular complexity index is 1720. The number of carbonyl (C=O) groups is 1. The van der Waals surface area contributed by atoms with Gasteiger partial charge in [0.1, 0.15) is 11.6 Å². The second-order valence-electron chi connectivity index (χ2n) is 8.71. The number of rotatable bonds is 6. The van der Waals surface area contributed by atoms with Gasteiger partial charge in [-0.15, -0.1) is 0 Å². The average Bonchev–Trinajstić information content (AvgIpc) is 3.24. The maximum atomic E-state index is 13.9. The molecule has 0 fully saturated rings. The Morgan fingerprint density at radius 1 is 1.11 bits per heavy atom. The van der Waals surface area contributed by atoms with Crippen LogP contribution in [0.25, 0.3) is 11.8 Å². The van der Waals surface area contributed by atoms with Gasteiger partial charge >= 0.3 is 5.97 Å². The van der Waals surface area contributed by atoms with Crippen LogP contribution in [0, 0.1) is 12.7 Å². The average molecular weight is 529 g/mol. The van der Waals surface area contributed by atoms with Crippen LogP contribution in [0.3, 0.4) is 0 Å². The molecule has 0 bridgehead atoms. The fourth-order valence-corrected chi connectivity index (χ4v) is 5.48. The van der Waals surface area contributed by atoms with Crippen molar-refractivity contribution in [3.63, 3.8) is 0 Å². The topological polar surface area (TPSA) is 69.9 Å². The predicted molar refractivity (Wildman–Crippen MR) is 145 cm³/mol. The first-order valence-corrected chi connectivity index (χ1v) is 12.9. The van der Waals surface area contributed by atoms with Gasteiger partial charge in [-0.25, -0.2) is 14.2 Å². The molecule has 1 aliphatic rings. The summed E-state index contributed by atoms with van der Waals surface area (Å²) in [6.07, 6.45) is 1.78. The first-order chi connectivity index (χ1) is 18.4. The highest BCUT2D eigenvalue weighted by atomic mass is 32.1. The normalized spacial score (nSPS) is 15.2. The summed E-state index contributed by atoms with van der Waals surface area (Å²) in [5.41, 5.74) is 3.39. The summed E-state index contributed by atoms with van der Waals surface area (Å²) >= 11 is 1.23. The highest BCUT2D eigenvalue weighted by molar-refractivity contribution is 7.07. The zero-order chi connectivity index (χ0) is 26.8. The van der Waals surface area contributed by atoms with Gasteiger partial charge in [-0.05, 0) is 54.8 Å². The van der Waals surface area contributed by atoms with Gasteiger partial charge in [-0.3, -0.25) is 9.36 Å². The first-order valence-electron chi connectivity index (χ1n) is 12.1. The maximum absolute atomic E-state index is 13.9. The molecule has 8 heteroatoms. The third-order valence-corrected chi connectivity index (χ3v) is 7.27. The smallest absolute Gasteiger partial charge is 0.338 e. The Labute approximate surface area is 222 Å². The summed E-state index contributed by atoms with van der Waals surface area (Å²) in [7, 11) is 1.60. The van der Waals surface area contributed by atoms with Gasteiger partial charge in [-0.1, -0.05) is 65.9 Å². The number of esters is 1. The van der Waals surface area contributed by atoms with E-state index in [0.717, 1.165) is 11.1 Å². The van der Waals surface area contributed by atoms with Crippen LogP contribution in [0.1, 0.15) is 35.2 Å². The van der Waals surface area contributed by atoms with Crippen LogP contribution < -0.4 is 19.6 Å². The van der Waals surface area contributed by atoms with Crippen molar-refractivity contribution in [2.75, 3.05) is 13.7 Å². The van der Waals surface area contributed by atoms with Crippen molar-refractivity contribution in [3.8, 4) is 5.75 Å². The van der Waals surface area contributed by atoms with Crippen molar-refractivity contribution in [2.45, 2.75) is 19.9 Å². The molecule has 2 heterocycles. The van der Waals surface area contributed by atoms with Crippen molar-refractivity contribution >= 4 is 29.1 Å². The molecule has 3 aromatic carbocycles. The molecule has 0 saturated heterocycles. The Morgan fingerprint density at radius 2 is 1.84 bits per heavy atom. The minimum atomic E-state index is -0.851. The number of aromatic nitrogens is 1. The molecule has 192 valence electrons. The third kappa shape index (κ3) is 4.70. The summed E-state index contributed by atoms with van der Waals surface area (Å²) in [5, 5.41) is 0. The minimum absolute atomic E-state index is 0.153. The van der Waals surface area contributed by atoms with Crippen LogP contribution >= 0.6 is 11.3 Å². The first kappa shape index (κ1) is 25.4. The van der Waals surface area contributed by atoms with Crippen LogP contribution in [-0.2, 0) is 9.53 Å². The van der Waals surface area contributed by atoms with Gasteiger partial charge in [0.05, 0.1) is 35.6 Å². The van der Waals surface area contributed by atoms with Crippen molar-refractivity contribution in [3.05, 3.63) is 126 Å². The van der Waals surface area contributed by atoms with E-state index in [9.17, 15) is 14.0 Å². The molecule has 0 amide bonds. The summed E-state index contributed by atoms with van der Waals surface area (Å²) in [6, 6.07) is 19.9. The molecule has 1 aromatic heterocycles. The lowest BCUT2D eigenvalue weighted by molar-refractivity contribution is -0.138. The van der Waals surface area contributed by atoms with E-state index < -0.39 is 17.8 Å². The summed E-state index contributed by atoms with van der Waals surface area (Å²) in [4.78, 5) is 32.5. The van der Waals surface area contributed by atoms with E-state index in [1.807, 2.05) is 55.5 Å². The lowest BCUT2D eigenvalue weighted by Gasteiger charge is -2.25. The van der Waals surface area contributed by atoms with Crippen LogP contribution in [-0.4, -0.2) is 24.3 Å². The SMILES string of the molecule is CCOC(=O)C1=C(c2ccccc2)N=c2s/c(=C\c3ccc(C)c(OC)c3)c(=O)n2[C@H]1c1ccc(F)cc1. The van der Waals surface area contributed by atoms with Crippen LogP contribution in [0.2, 0.25) is 0 Å². The molecule has 38 heavy (non-hydrogen) atoms. The van der Waals surface area contributed by atoms with Gasteiger partial charge in [0, 0.05) is 5.56 Å². The highest BCUT2D eigenvalue weighted by Crippen LogP contribution is 2.35. The molecule has 6 nitrogen and oxygen atoms in total. The summed E-state index contributed by atoms with van der Waals surface area (Å²) < 4.78 is 26.7. The molecule has 1 aliphatic heterocycles. The third-order valence-electron chi connectivity index (χ3n) is 6.29. The van der Waals surface area contributed by atoms with Gasteiger partial charge in [0.15, 0.2) is 4.80 Å². The molecule has 1 atom stereocenters. The van der Waals surface area contributed by atoms with E-state index in [1.165, 1.54) is 28.0 Å². The van der Waals surface area contributed by atoms with Crippen molar-refractivity contribution in [1.82, 2.24) is 4.57 Å². The molecule has 0 aliphatic carbocycles. The van der Waals surface area contributed by atoms with Crippen molar-refractivity contribution in [2.24, 2.45) is 4.99 Å². The number of hydrogen-bond acceptors (Lipinski definition) is 6. The Kier molecular flexibility index (Phi) is 7.07. The van der Waals surface area contributed by atoms with Gasteiger partial charge in [0.25, 0.3) is 5.56 Å². The molecule has 4 aromatic rings. The van der Waals surface area contributed by atoms with Crippen LogP contribution in [0.15, 0.2) is 88.2 Å². The number of nitrogens with zero attached hydrogens (tertiary/aromatic N) is 2. The van der Waals surface area contributed by atoms with E-state index >= 15 is 0 Å². The molecular formula is C30H25FN2O4S. The number of halogens is 1. The van der Waals surface area contributed by atoms with Crippen molar-refractivity contribution < 1.29 is 18.7 Å². The van der Waals surface area contributed by atoms with Gasteiger partial charge in [0.2, 0.25) is 0 Å². The Balaban J connectivity index is 1.81. The second-order valence-corrected chi connectivity index (χ2v) is 9.72. The number of ether oxygens (including phenoxy) is 2. The van der Waals surface area contributed by atoms with Gasteiger partial charge < -0.3 is 9.47 Å². The monoisotopic (exact) mass is 528 g/mol. The molecular weight excluding hydrogens is 503 g/mol. The number of fused-ring (bicyclic) bond motifs is 1. The molecule has 5 rings (SSSR count). The predicted octanol–water partition coefficient (Wildman–Crippen LogP) is 4.39. The number of methoxy groups -OCH3 is 1. The Morgan fingerprint density at radius 3 is 2.53 bits per heavy atom. The quantitative estimate of drug-likeness (QED) is 0.348. The number of hydrogen-bond donors (Lipinski definition) is 0. The summed E-state index contributed by atoms with van der Waals surface area (Å²) in [5.74, 6) is -0.284. The number of thiazole rings is 1. The fraction of sp³-hybridized carbons (Fsp3) is 0.167. The van der Waals surface area contributed by atoms with E-state index in [1.54, 1.807) is 32.2 Å². The number of benzene rings is 3. The number of aryl methyl sites for hydroxylation is 1. The summed E-state index contributed by atoms with van der Waals surface area (Å²) in [6.45, 7) is 3.82. The second kappa shape index (κ2) is 10.6. The standard InChI is InChI=1S/C30H25FN2O4S/c1-4-37-29(35)25-26(20-8-6-5-7-9-20)32-30-33(27(25)21-12-14-22(31)15-13-21)28(34)24(38-30)17-19-11-10-18(2)23(16-19)36-3/h5-17,27H,4H2,1-3H3/b24-17-/t27-/m0/s1. The largest absolute Gasteiger partial charge is 0.496 e. The molecule has 0 spiro atoms. The molecule has 0 unspecified atom stereocenters. The highest BCUT2D eigenvalue weighted by Gasteiger charge is 2.35. The van der Waals surface area contributed by atoms with E-state index in [0.29, 0.717) is 31.9 Å². The van der Waals surface area contributed by atoms with E-state index in [2.05, 4.69) is 0 Å². The Hall–Kier alpha value is -4.30. The van der Waals surface area contributed by atoms with E-state index in [-0.39, 0.29) is 17.7 Å². The minimum Gasteiger partial charge on any atom is -0.496 e. The number of carbonyl (C=O) groups excluding carboxylic acids is 1. The van der Waals surface area contributed by atoms with Crippen LogP contribution in [0.4, 0.5) is 4.39 Å². The fourth-order valence-electron chi connectivity index (χ4n) is 4.48. The van der Waals surface area contributed by atoms with Gasteiger partial charge in [-0.2, -0.15) is 0 Å². The van der Waals surface area contributed by atoms with E-state index in [4.69, 9.17) is 14.5 Å². The van der Waals surface area contributed by atoms with Crippen LogP contribution in [0.5, 0.6) is 5.75 Å².